The van der Waals surface area contributed by atoms with E-state index in [1.54, 1.807) is 12.1 Å². The van der Waals surface area contributed by atoms with E-state index in [4.69, 9.17) is 5.73 Å². The summed E-state index contributed by atoms with van der Waals surface area (Å²) in [5.74, 6) is -0.165. The SMILES string of the molecule is C=C(CCc1ccc(O)c(C)c1)Nc1cc(I)ccc1C(N)=O. The summed E-state index contributed by atoms with van der Waals surface area (Å²) < 4.78 is 1.01. The Morgan fingerprint density at radius 1 is 1.30 bits per heavy atom. The Morgan fingerprint density at radius 2 is 2.04 bits per heavy atom. The van der Waals surface area contributed by atoms with Crippen LogP contribution in [0, 0.1) is 10.5 Å². The standard InChI is InChI=1S/C18H19IN2O2/c1-11-9-13(5-8-17(11)22)4-3-12(2)21-16-10-14(19)6-7-15(16)18(20)23/h5-10,21-22H,2-4H2,1H3,(H2,20,23). The first-order chi connectivity index (χ1) is 10.9. The molecular formula is C18H19IN2O2. The number of carbonyl (C=O) groups is 1. The minimum atomic E-state index is -0.467. The second-order valence-corrected chi connectivity index (χ2v) is 6.65. The number of nitrogens with two attached hydrogens (primary N) is 1. The van der Waals surface area contributed by atoms with Gasteiger partial charge in [0.2, 0.25) is 0 Å². The van der Waals surface area contributed by atoms with Gasteiger partial charge in [-0.2, -0.15) is 0 Å². The monoisotopic (exact) mass is 422 g/mol. The third-order valence-electron chi connectivity index (χ3n) is 3.54. The summed E-state index contributed by atoms with van der Waals surface area (Å²) in [6.45, 7) is 5.89. The average Bonchev–Trinajstić information content (AvgIpc) is 2.48. The molecule has 0 spiro atoms. The highest BCUT2D eigenvalue weighted by atomic mass is 127. The topological polar surface area (TPSA) is 75.3 Å². The molecule has 0 unspecified atom stereocenters. The first-order valence-electron chi connectivity index (χ1n) is 7.19. The maximum atomic E-state index is 11.5. The van der Waals surface area contributed by atoms with Gasteiger partial charge in [0.05, 0.1) is 11.3 Å². The van der Waals surface area contributed by atoms with E-state index < -0.39 is 5.91 Å². The number of aromatic hydroxyl groups is 1. The molecule has 0 bridgehead atoms. The third kappa shape index (κ3) is 4.72. The molecule has 0 aliphatic heterocycles. The van der Waals surface area contributed by atoms with Crippen molar-refractivity contribution in [2.24, 2.45) is 5.73 Å². The lowest BCUT2D eigenvalue weighted by molar-refractivity contribution is 0.100. The van der Waals surface area contributed by atoms with Gasteiger partial charge in [-0.3, -0.25) is 4.79 Å². The summed E-state index contributed by atoms with van der Waals surface area (Å²) in [6, 6.07) is 11.0. The zero-order valence-electron chi connectivity index (χ0n) is 12.9. The van der Waals surface area contributed by atoms with Gasteiger partial charge in [-0.25, -0.2) is 0 Å². The van der Waals surface area contributed by atoms with Crippen molar-refractivity contribution >= 4 is 34.2 Å². The summed E-state index contributed by atoms with van der Waals surface area (Å²) in [7, 11) is 0. The van der Waals surface area contributed by atoms with E-state index in [2.05, 4.69) is 34.5 Å². The van der Waals surface area contributed by atoms with Gasteiger partial charge < -0.3 is 16.2 Å². The number of amides is 1. The van der Waals surface area contributed by atoms with E-state index in [0.717, 1.165) is 26.8 Å². The Bertz CT molecular complexity index is 757. The molecule has 23 heavy (non-hydrogen) atoms. The molecule has 2 aromatic carbocycles. The Morgan fingerprint density at radius 3 is 2.70 bits per heavy atom. The van der Waals surface area contributed by atoms with Gasteiger partial charge in [-0.05, 0) is 77.7 Å². The van der Waals surface area contributed by atoms with Crippen LogP contribution in [-0.4, -0.2) is 11.0 Å². The highest BCUT2D eigenvalue weighted by Gasteiger charge is 2.09. The first kappa shape index (κ1) is 17.3. The Hall–Kier alpha value is -2.02. The van der Waals surface area contributed by atoms with Gasteiger partial charge in [-0.15, -0.1) is 0 Å². The van der Waals surface area contributed by atoms with Crippen LogP contribution < -0.4 is 11.1 Å². The summed E-state index contributed by atoms with van der Waals surface area (Å²) in [4.78, 5) is 11.5. The lowest BCUT2D eigenvalue weighted by Gasteiger charge is -2.13. The molecule has 0 aliphatic rings. The first-order valence-corrected chi connectivity index (χ1v) is 8.27. The largest absolute Gasteiger partial charge is 0.508 e. The van der Waals surface area contributed by atoms with Crippen molar-refractivity contribution in [3.8, 4) is 5.75 Å². The normalized spacial score (nSPS) is 10.3. The molecule has 0 saturated heterocycles. The summed E-state index contributed by atoms with van der Waals surface area (Å²) in [5, 5.41) is 12.7. The number of carbonyl (C=O) groups excluding carboxylic acids is 1. The maximum Gasteiger partial charge on any atom is 0.250 e. The van der Waals surface area contributed by atoms with Crippen LogP contribution in [0.2, 0.25) is 0 Å². The molecule has 0 aromatic heterocycles. The van der Waals surface area contributed by atoms with Gasteiger partial charge in [0.15, 0.2) is 0 Å². The van der Waals surface area contributed by atoms with Crippen LogP contribution in [-0.2, 0) is 6.42 Å². The van der Waals surface area contributed by atoms with E-state index in [9.17, 15) is 9.90 Å². The lowest BCUT2D eigenvalue weighted by atomic mass is 10.0. The number of aryl methyl sites for hydroxylation is 2. The number of nitrogens with one attached hydrogen (secondary N) is 1. The smallest absolute Gasteiger partial charge is 0.250 e. The fourth-order valence-electron chi connectivity index (χ4n) is 2.26. The minimum absolute atomic E-state index is 0.302. The van der Waals surface area contributed by atoms with Crippen molar-refractivity contribution in [3.05, 3.63) is 68.9 Å². The molecule has 0 atom stereocenters. The fraction of sp³-hybridized carbons (Fsp3) is 0.167. The van der Waals surface area contributed by atoms with Crippen molar-refractivity contribution in [2.45, 2.75) is 19.8 Å². The molecule has 120 valence electrons. The molecule has 2 aromatic rings. The van der Waals surface area contributed by atoms with E-state index >= 15 is 0 Å². The molecule has 2 rings (SSSR count). The number of hydrogen-bond donors (Lipinski definition) is 3. The Balaban J connectivity index is 2.03. The van der Waals surface area contributed by atoms with Crippen molar-refractivity contribution < 1.29 is 9.90 Å². The Kier molecular flexibility index (Phi) is 5.65. The van der Waals surface area contributed by atoms with Crippen LogP contribution in [0.5, 0.6) is 5.75 Å². The van der Waals surface area contributed by atoms with Gasteiger partial charge in [0.1, 0.15) is 5.75 Å². The molecule has 5 heteroatoms. The average molecular weight is 422 g/mol. The molecule has 0 heterocycles. The predicted molar refractivity (Wildman–Crippen MR) is 102 cm³/mol. The molecule has 0 fully saturated rings. The van der Waals surface area contributed by atoms with Crippen LogP contribution in [0.1, 0.15) is 27.9 Å². The van der Waals surface area contributed by atoms with E-state index in [1.807, 2.05) is 31.2 Å². The molecule has 4 N–H and O–H groups in total. The number of phenolic OH excluding ortho intramolecular Hbond substituents is 1. The maximum absolute atomic E-state index is 11.5. The minimum Gasteiger partial charge on any atom is -0.508 e. The van der Waals surface area contributed by atoms with Crippen LogP contribution >= 0.6 is 22.6 Å². The molecular weight excluding hydrogens is 403 g/mol. The number of allylic oxidation sites excluding steroid dienone is 1. The van der Waals surface area contributed by atoms with Crippen LogP contribution in [0.4, 0.5) is 5.69 Å². The van der Waals surface area contributed by atoms with Crippen molar-refractivity contribution in [1.82, 2.24) is 0 Å². The zero-order valence-corrected chi connectivity index (χ0v) is 15.1. The number of benzene rings is 2. The zero-order chi connectivity index (χ0) is 17.0. The quantitative estimate of drug-likeness (QED) is 0.617. The molecule has 0 saturated carbocycles. The number of hydrogen-bond acceptors (Lipinski definition) is 3. The van der Waals surface area contributed by atoms with Gasteiger partial charge in [0.25, 0.3) is 5.91 Å². The summed E-state index contributed by atoms with van der Waals surface area (Å²) >= 11 is 2.18. The van der Waals surface area contributed by atoms with Crippen molar-refractivity contribution in [2.75, 3.05) is 5.32 Å². The van der Waals surface area contributed by atoms with Gasteiger partial charge in [-0.1, -0.05) is 18.7 Å². The van der Waals surface area contributed by atoms with Gasteiger partial charge in [0, 0.05) is 9.27 Å². The van der Waals surface area contributed by atoms with E-state index in [-0.39, 0.29) is 0 Å². The number of phenols is 1. The number of primary amides is 1. The fourth-order valence-corrected chi connectivity index (χ4v) is 2.75. The third-order valence-corrected chi connectivity index (χ3v) is 4.21. The van der Waals surface area contributed by atoms with Crippen molar-refractivity contribution in [3.63, 3.8) is 0 Å². The predicted octanol–water partition coefficient (Wildman–Crippen LogP) is 3.96. The Labute approximate surface area is 149 Å². The van der Waals surface area contributed by atoms with Gasteiger partial charge >= 0.3 is 0 Å². The number of rotatable bonds is 6. The molecule has 4 nitrogen and oxygen atoms in total. The van der Waals surface area contributed by atoms with Crippen LogP contribution in [0.3, 0.4) is 0 Å². The second-order valence-electron chi connectivity index (χ2n) is 5.40. The van der Waals surface area contributed by atoms with Crippen LogP contribution in [0.25, 0.3) is 0 Å². The molecule has 0 radical (unpaired) electrons. The summed E-state index contributed by atoms with van der Waals surface area (Å²) in [6.07, 6.45) is 1.51. The molecule has 0 aliphatic carbocycles. The van der Waals surface area contributed by atoms with E-state index in [0.29, 0.717) is 23.4 Å². The second kappa shape index (κ2) is 7.50. The lowest BCUT2D eigenvalue weighted by Crippen LogP contribution is -2.14. The van der Waals surface area contributed by atoms with E-state index in [1.165, 1.54) is 0 Å². The summed E-state index contributed by atoms with van der Waals surface area (Å²) in [5.41, 5.74) is 9.32. The highest BCUT2D eigenvalue weighted by Crippen LogP contribution is 2.22. The number of anilines is 1. The highest BCUT2D eigenvalue weighted by molar-refractivity contribution is 14.1. The van der Waals surface area contributed by atoms with Crippen molar-refractivity contribution in [1.29, 1.82) is 0 Å². The molecule has 1 amide bonds. The van der Waals surface area contributed by atoms with Crippen LogP contribution in [0.15, 0.2) is 48.7 Å². The number of halogens is 1.